The third kappa shape index (κ3) is 3.56. The molecule has 8 heteroatoms. The molecule has 0 amide bonds. The third-order valence-electron chi connectivity index (χ3n) is 4.19. The summed E-state index contributed by atoms with van der Waals surface area (Å²) in [6.45, 7) is 1.93. The number of hydrogen-bond acceptors (Lipinski definition) is 6. The molecule has 0 spiro atoms. The number of nitrogens with one attached hydrogen (secondary N) is 1. The van der Waals surface area contributed by atoms with E-state index in [1.165, 1.54) is 12.1 Å². The molecule has 2 aromatic carbocycles. The van der Waals surface area contributed by atoms with E-state index in [1.54, 1.807) is 18.3 Å². The van der Waals surface area contributed by atoms with E-state index in [2.05, 4.69) is 20.4 Å². The quantitative estimate of drug-likeness (QED) is 0.414. The number of aryl methyl sites for hydroxylation is 1. The minimum atomic E-state index is -0.436. The summed E-state index contributed by atoms with van der Waals surface area (Å²) in [4.78, 5) is 19.1. The number of aromatic nitrogens is 4. The van der Waals surface area contributed by atoms with Crippen molar-refractivity contribution in [2.45, 2.75) is 6.92 Å². The molecule has 2 heterocycles. The number of nitro groups is 1. The average molecular weight is 372 g/mol. The van der Waals surface area contributed by atoms with Gasteiger partial charge in [0.1, 0.15) is 0 Å². The highest BCUT2D eigenvalue weighted by atomic mass is 16.6. The summed E-state index contributed by atoms with van der Waals surface area (Å²) in [6, 6.07) is 17.8. The Morgan fingerprint density at radius 2 is 1.79 bits per heavy atom. The second kappa shape index (κ2) is 7.28. The zero-order chi connectivity index (χ0) is 19.5. The lowest BCUT2D eigenvalue weighted by Gasteiger charge is -2.06. The van der Waals surface area contributed by atoms with Crippen LogP contribution in [0.3, 0.4) is 0 Å². The second-order valence-corrected chi connectivity index (χ2v) is 6.10. The summed E-state index contributed by atoms with van der Waals surface area (Å²) in [5.41, 5.74) is 4.15. The van der Waals surface area contributed by atoms with Gasteiger partial charge in [-0.05, 0) is 37.3 Å². The molecule has 1 N–H and O–H groups in total. The molecule has 2 aromatic heterocycles. The molecule has 4 rings (SSSR count). The monoisotopic (exact) mass is 372 g/mol. The zero-order valence-corrected chi connectivity index (χ0v) is 15.0. The van der Waals surface area contributed by atoms with E-state index in [9.17, 15) is 10.1 Å². The van der Waals surface area contributed by atoms with Gasteiger partial charge in [-0.15, -0.1) is 0 Å². The number of benzene rings is 2. The van der Waals surface area contributed by atoms with Crippen LogP contribution in [0.1, 0.15) is 5.69 Å². The van der Waals surface area contributed by atoms with Gasteiger partial charge >= 0.3 is 0 Å². The molecule has 0 atom stereocenters. The predicted molar refractivity (Wildman–Crippen MR) is 106 cm³/mol. The largest absolute Gasteiger partial charge is 0.324 e. The predicted octanol–water partition coefficient (Wildman–Crippen LogP) is 4.29. The lowest BCUT2D eigenvalue weighted by atomic mass is 10.2. The minimum absolute atomic E-state index is 0.0316. The van der Waals surface area contributed by atoms with Gasteiger partial charge in [0.2, 0.25) is 5.95 Å². The van der Waals surface area contributed by atoms with Crippen LogP contribution in [0.4, 0.5) is 17.3 Å². The number of hydrogen-bond donors (Lipinski definition) is 1. The summed E-state index contributed by atoms with van der Waals surface area (Å²) in [6.07, 6.45) is 3.60. The Labute approximate surface area is 160 Å². The van der Waals surface area contributed by atoms with Gasteiger partial charge in [0, 0.05) is 35.8 Å². The first-order valence-electron chi connectivity index (χ1n) is 8.57. The number of non-ortho nitro benzene ring substituents is 1. The number of nitrogens with zero attached hydrogens (tertiary/aromatic N) is 5. The van der Waals surface area contributed by atoms with Crippen molar-refractivity contribution >= 4 is 17.3 Å². The molecule has 0 aliphatic carbocycles. The molecule has 0 saturated carbocycles. The topological polar surface area (TPSA) is 98.8 Å². The van der Waals surface area contributed by atoms with Gasteiger partial charge in [0.15, 0.2) is 0 Å². The maximum absolute atomic E-state index is 10.8. The van der Waals surface area contributed by atoms with Gasteiger partial charge in [0.25, 0.3) is 5.69 Å². The molecule has 0 saturated heterocycles. The van der Waals surface area contributed by atoms with E-state index in [-0.39, 0.29) is 5.69 Å². The van der Waals surface area contributed by atoms with Crippen molar-refractivity contribution in [3.8, 4) is 16.9 Å². The van der Waals surface area contributed by atoms with Crippen LogP contribution in [0.2, 0.25) is 0 Å². The number of nitro benzene ring substituents is 1. The van der Waals surface area contributed by atoms with Crippen LogP contribution in [0.5, 0.6) is 0 Å². The maximum atomic E-state index is 10.8. The molecule has 0 unspecified atom stereocenters. The number of rotatable bonds is 5. The molecule has 0 fully saturated rings. The summed E-state index contributed by atoms with van der Waals surface area (Å²) in [7, 11) is 0. The van der Waals surface area contributed by atoms with Gasteiger partial charge in [-0.1, -0.05) is 18.2 Å². The fraction of sp³-hybridized carbons (Fsp3) is 0.0500. The Bertz CT molecular complexity index is 1120. The lowest BCUT2D eigenvalue weighted by Crippen LogP contribution is -1.98. The SMILES string of the molecule is Cc1nn(-c2ccccc2)cc1-c1ccnc(Nc2ccc([N+](=O)[O-])cc2)n1. The molecule has 8 nitrogen and oxygen atoms in total. The van der Waals surface area contributed by atoms with Crippen molar-refractivity contribution in [3.63, 3.8) is 0 Å². The van der Waals surface area contributed by atoms with Crippen LogP contribution in [0, 0.1) is 17.0 Å². The van der Waals surface area contributed by atoms with Gasteiger partial charge in [-0.2, -0.15) is 5.10 Å². The maximum Gasteiger partial charge on any atom is 0.269 e. The van der Waals surface area contributed by atoms with Crippen molar-refractivity contribution in [2.75, 3.05) is 5.32 Å². The van der Waals surface area contributed by atoms with E-state index in [0.29, 0.717) is 11.6 Å². The number of anilines is 2. The van der Waals surface area contributed by atoms with Crippen molar-refractivity contribution in [2.24, 2.45) is 0 Å². The standard InChI is InChI=1S/C20H16N6O2/c1-14-18(13-25(24-14)16-5-3-2-4-6-16)19-11-12-21-20(23-19)22-15-7-9-17(10-8-15)26(27)28/h2-13H,1H3,(H,21,22,23). The van der Waals surface area contributed by atoms with Gasteiger partial charge in [-0.25, -0.2) is 14.6 Å². The minimum Gasteiger partial charge on any atom is -0.324 e. The van der Waals surface area contributed by atoms with Crippen LogP contribution in [-0.2, 0) is 0 Å². The number of para-hydroxylation sites is 1. The summed E-state index contributed by atoms with van der Waals surface area (Å²) in [5.74, 6) is 0.401. The second-order valence-electron chi connectivity index (χ2n) is 6.10. The van der Waals surface area contributed by atoms with E-state index in [1.807, 2.05) is 54.2 Å². The summed E-state index contributed by atoms with van der Waals surface area (Å²) >= 11 is 0. The van der Waals surface area contributed by atoms with Crippen LogP contribution in [0.25, 0.3) is 16.9 Å². The molecule has 0 aliphatic rings. The zero-order valence-electron chi connectivity index (χ0n) is 15.0. The van der Waals surface area contributed by atoms with Gasteiger partial charge < -0.3 is 5.32 Å². The van der Waals surface area contributed by atoms with Crippen molar-refractivity contribution < 1.29 is 4.92 Å². The van der Waals surface area contributed by atoms with Crippen molar-refractivity contribution in [1.29, 1.82) is 0 Å². The van der Waals surface area contributed by atoms with Crippen LogP contribution in [-0.4, -0.2) is 24.7 Å². The molecular weight excluding hydrogens is 356 g/mol. The summed E-state index contributed by atoms with van der Waals surface area (Å²) in [5, 5.41) is 18.4. The normalized spacial score (nSPS) is 10.6. The van der Waals surface area contributed by atoms with Crippen LogP contribution < -0.4 is 5.32 Å². The molecule has 0 bridgehead atoms. The highest BCUT2D eigenvalue weighted by molar-refractivity contribution is 5.64. The van der Waals surface area contributed by atoms with E-state index in [0.717, 1.165) is 22.6 Å². The third-order valence-corrected chi connectivity index (χ3v) is 4.19. The Morgan fingerprint density at radius 3 is 2.50 bits per heavy atom. The Kier molecular flexibility index (Phi) is 4.51. The van der Waals surface area contributed by atoms with E-state index >= 15 is 0 Å². The Hall–Kier alpha value is -4.07. The van der Waals surface area contributed by atoms with Gasteiger partial charge in [-0.3, -0.25) is 10.1 Å². The highest BCUT2D eigenvalue weighted by Gasteiger charge is 2.11. The lowest BCUT2D eigenvalue weighted by molar-refractivity contribution is -0.384. The fourth-order valence-electron chi connectivity index (χ4n) is 2.79. The Balaban J connectivity index is 1.60. The Morgan fingerprint density at radius 1 is 1.04 bits per heavy atom. The highest BCUT2D eigenvalue weighted by Crippen LogP contribution is 2.24. The first kappa shape index (κ1) is 17.3. The van der Waals surface area contributed by atoms with Crippen LogP contribution >= 0.6 is 0 Å². The molecule has 4 aromatic rings. The van der Waals surface area contributed by atoms with Crippen LogP contribution in [0.15, 0.2) is 73.1 Å². The molecule has 0 aliphatic heterocycles. The smallest absolute Gasteiger partial charge is 0.269 e. The molecule has 138 valence electrons. The molecule has 28 heavy (non-hydrogen) atoms. The first-order valence-corrected chi connectivity index (χ1v) is 8.57. The van der Waals surface area contributed by atoms with Gasteiger partial charge in [0.05, 0.1) is 22.0 Å². The van der Waals surface area contributed by atoms with Crippen molar-refractivity contribution in [3.05, 3.63) is 88.9 Å². The van der Waals surface area contributed by atoms with Crippen molar-refractivity contribution in [1.82, 2.24) is 19.7 Å². The molecule has 0 radical (unpaired) electrons. The molecular formula is C20H16N6O2. The first-order chi connectivity index (χ1) is 13.6. The fourth-order valence-corrected chi connectivity index (χ4v) is 2.79. The van der Waals surface area contributed by atoms with E-state index < -0.39 is 4.92 Å². The summed E-state index contributed by atoms with van der Waals surface area (Å²) < 4.78 is 1.82. The van der Waals surface area contributed by atoms with E-state index in [4.69, 9.17) is 0 Å². The average Bonchev–Trinajstić information content (AvgIpc) is 3.11.